The van der Waals surface area contributed by atoms with Gasteiger partial charge in [-0.05, 0) is 37.1 Å². The molecule has 2 amide bonds. The third-order valence-corrected chi connectivity index (χ3v) is 3.82. The van der Waals surface area contributed by atoms with Crippen molar-refractivity contribution >= 4 is 17.4 Å². The van der Waals surface area contributed by atoms with Crippen molar-refractivity contribution in [2.45, 2.75) is 45.7 Å². The molecule has 5 heteroatoms. The number of thiophene rings is 1. The topological polar surface area (TPSA) is 61.4 Å². The molecule has 1 rings (SSSR count). The van der Waals surface area contributed by atoms with Crippen LogP contribution in [0.3, 0.4) is 0 Å². The van der Waals surface area contributed by atoms with Crippen LogP contribution in [0.25, 0.3) is 0 Å². The summed E-state index contributed by atoms with van der Waals surface area (Å²) < 4.78 is 0. The number of carbonyl (C=O) groups is 1. The Balaban J connectivity index is 2.55. The van der Waals surface area contributed by atoms with E-state index in [1.165, 1.54) is 4.88 Å². The summed E-state index contributed by atoms with van der Waals surface area (Å²) in [6, 6.07) is 3.92. The van der Waals surface area contributed by atoms with Crippen LogP contribution in [0.15, 0.2) is 17.5 Å². The molecule has 108 valence electrons. The Morgan fingerprint density at radius 3 is 2.63 bits per heavy atom. The first kappa shape index (κ1) is 16.0. The zero-order chi connectivity index (χ0) is 14.3. The maximum Gasteiger partial charge on any atom is 0.315 e. The second kappa shape index (κ2) is 8.17. The van der Waals surface area contributed by atoms with Gasteiger partial charge in [-0.15, -0.1) is 11.3 Å². The average Bonchev–Trinajstić information content (AvgIpc) is 2.80. The van der Waals surface area contributed by atoms with Gasteiger partial charge in [-0.2, -0.15) is 0 Å². The lowest BCUT2D eigenvalue weighted by molar-refractivity contribution is 0.226. The van der Waals surface area contributed by atoms with E-state index < -0.39 is 0 Å². The number of urea groups is 1. The number of hydrogen-bond acceptors (Lipinski definition) is 3. The minimum atomic E-state index is -0.167. The molecule has 0 aliphatic heterocycles. The summed E-state index contributed by atoms with van der Waals surface area (Å²) in [5.74, 6) is 0.516. The van der Waals surface area contributed by atoms with Crippen LogP contribution in [0.5, 0.6) is 0 Å². The monoisotopic (exact) mass is 284 g/mol. The number of carbonyl (C=O) groups excluding carboxylic acids is 1. The first-order chi connectivity index (χ1) is 9.02. The molecule has 1 aromatic rings. The van der Waals surface area contributed by atoms with Crippen molar-refractivity contribution in [3.05, 3.63) is 22.4 Å². The first-order valence-corrected chi connectivity index (χ1v) is 7.62. The van der Waals surface area contributed by atoms with Crippen molar-refractivity contribution in [1.82, 2.24) is 10.6 Å². The predicted octanol–water partition coefficient (Wildman–Crippen LogP) is 2.91. The van der Waals surface area contributed by atoms with E-state index in [2.05, 4.69) is 30.5 Å². The summed E-state index contributed by atoms with van der Waals surface area (Å²) in [7, 11) is 0. The highest BCUT2D eigenvalue weighted by Gasteiger charge is 2.17. The third-order valence-electron chi connectivity index (χ3n) is 2.84. The van der Waals surface area contributed by atoms with Gasteiger partial charge in [-0.1, -0.05) is 19.9 Å². The van der Waals surface area contributed by atoms with Crippen LogP contribution in [0, 0.1) is 5.92 Å². The average molecular weight is 284 g/mol. The molecule has 0 saturated heterocycles. The molecule has 0 aromatic carbocycles. The summed E-state index contributed by atoms with van der Waals surface area (Å²) >= 11 is 1.66. The Bertz CT molecular complexity index is 366. The van der Waals surface area contributed by atoms with Crippen molar-refractivity contribution in [3.8, 4) is 0 Å². The lowest BCUT2D eigenvalue weighted by atomic mass is 10.0. The molecule has 1 aromatic heterocycles. The molecule has 0 fully saturated rings. The van der Waals surface area contributed by atoms with Crippen molar-refractivity contribution < 1.29 is 9.90 Å². The lowest BCUT2D eigenvalue weighted by Gasteiger charge is -2.21. The number of aliphatic hydroxyl groups excluding tert-OH is 1. The van der Waals surface area contributed by atoms with Gasteiger partial charge in [-0.3, -0.25) is 0 Å². The fourth-order valence-electron chi connectivity index (χ4n) is 1.90. The van der Waals surface area contributed by atoms with E-state index in [9.17, 15) is 4.79 Å². The highest BCUT2D eigenvalue weighted by atomic mass is 32.1. The van der Waals surface area contributed by atoms with Gasteiger partial charge in [0.15, 0.2) is 0 Å². The van der Waals surface area contributed by atoms with Crippen molar-refractivity contribution in [2.24, 2.45) is 5.92 Å². The summed E-state index contributed by atoms with van der Waals surface area (Å²) in [6.45, 7) is 6.27. The van der Waals surface area contributed by atoms with Gasteiger partial charge in [0.1, 0.15) is 0 Å². The number of rotatable bonds is 7. The highest BCUT2D eigenvalue weighted by molar-refractivity contribution is 7.10. The number of amides is 2. The maximum atomic E-state index is 11.9. The molecule has 0 radical (unpaired) electrons. The molecular formula is C14H24N2O2S. The molecule has 0 bridgehead atoms. The summed E-state index contributed by atoms with van der Waals surface area (Å²) in [5.41, 5.74) is 0. The SMILES string of the molecule is CC(C)CC(NC(=O)N[C@H](C)CCO)c1cccs1. The largest absolute Gasteiger partial charge is 0.396 e. The molecule has 0 spiro atoms. The van der Waals surface area contributed by atoms with E-state index in [4.69, 9.17) is 5.11 Å². The molecule has 0 aliphatic carbocycles. The fourth-order valence-corrected chi connectivity index (χ4v) is 2.69. The van der Waals surface area contributed by atoms with Crippen molar-refractivity contribution in [1.29, 1.82) is 0 Å². The van der Waals surface area contributed by atoms with E-state index in [0.717, 1.165) is 6.42 Å². The molecule has 1 unspecified atom stereocenters. The molecule has 3 N–H and O–H groups in total. The van der Waals surface area contributed by atoms with Crippen LogP contribution < -0.4 is 10.6 Å². The molecule has 1 heterocycles. The van der Waals surface area contributed by atoms with Gasteiger partial charge in [0.2, 0.25) is 0 Å². The van der Waals surface area contributed by atoms with Crippen LogP contribution >= 0.6 is 11.3 Å². The van der Waals surface area contributed by atoms with Gasteiger partial charge in [0.25, 0.3) is 0 Å². The van der Waals surface area contributed by atoms with Gasteiger partial charge in [0.05, 0.1) is 6.04 Å². The zero-order valence-corrected chi connectivity index (χ0v) is 12.7. The Morgan fingerprint density at radius 1 is 1.37 bits per heavy atom. The Kier molecular flexibility index (Phi) is 6.87. The van der Waals surface area contributed by atoms with Gasteiger partial charge >= 0.3 is 6.03 Å². The highest BCUT2D eigenvalue weighted by Crippen LogP contribution is 2.25. The van der Waals surface area contributed by atoms with Crippen molar-refractivity contribution in [2.75, 3.05) is 6.61 Å². The van der Waals surface area contributed by atoms with E-state index >= 15 is 0 Å². The van der Waals surface area contributed by atoms with E-state index in [-0.39, 0.29) is 24.7 Å². The molecule has 0 saturated carbocycles. The summed E-state index contributed by atoms with van der Waals surface area (Å²) in [5, 5.41) is 16.7. The van der Waals surface area contributed by atoms with Crippen LogP contribution in [0.2, 0.25) is 0 Å². The van der Waals surface area contributed by atoms with Gasteiger partial charge < -0.3 is 15.7 Å². The number of nitrogens with one attached hydrogen (secondary N) is 2. The minimum Gasteiger partial charge on any atom is -0.396 e. The normalized spacial score (nSPS) is 14.2. The van der Waals surface area contributed by atoms with Crippen LogP contribution in [-0.4, -0.2) is 23.8 Å². The second-order valence-electron chi connectivity index (χ2n) is 5.23. The van der Waals surface area contributed by atoms with E-state index in [1.54, 1.807) is 11.3 Å². The molecular weight excluding hydrogens is 260 g/mol. The predicted molar refractivity (Wildman–Crippen MR) is 79.3 cm³/mol. The quantitative estimate of drug-likeness (QED) is 0.721. The third kappa shape index (κ3) is 6.07. The molecule has 4 nitrogen and oxygen atoms in total. The Morgan fingerprint density at radius 2 is 2.11 bits per heavy atom. The minimum absolute atomic E-state index is 0.0203. The zero-order valence-electron chi connectivity index (χ0n) is 11.8. The van der Waals surface area contributed by atoms with Crippen LogP contribution in [0.4, 0.5) is 4.79 Å². The first-order valence-electron chi connectivity index (χ1n) is 6.74. The summed E-state index contributed by atoms with van der Waals surface area (Å²) in [4.78, 5) is 13.1. The Labute approximate surface area is 119 Å². The smallest absolute Gasteiger partial charge is 0.315 e. The molecule has 2 atom stereocenters. The molecule has 0 aliphatic rings. The summed E-state index contributed by atoms with van der Waals surface area (Å²) in [6.07, 6.45) is 1.49. The number of hydrogen-bond donors (Lipinski definition) is 3. The number of aliphatic hydroxyl groups is 1. The molecule has 19 heavy (non-hydrogen) atoms. The lowest BCUT2D eigenvalue weighted by Crippen LogP contribution is -2.42. The van der Waals surface area contributed by atoms with Crippen molar-refractivity contribution in [3.63, 3.8) is 0 Å². The standard InChI is InChI=1S/C14H24N2O2S/c1-10(2)9-12(13-5-4-8-19-13)16-14(18)15-11(3)6-7-17/h4-5,8,10-12,17H,6-7,9H2,1-3H3,(H2,15,16,18)/t11-,12?/m1/s1. The van der Waals surface area contributed by atoms with E-state index in [1.807, 2.05) is 18.4 Å². The fraction of sp³-hybridized carbons (Fsp3) is 0.643. The second-order valence-corrected chi connectivity index (χ2v) is 6.21. The van der Waals surface area contributed by atoms with Crippen LogP contribution in [0.1, 0.15) is 44.5 Å². The maximum absolute atomic E-state index is 11.9. The van der Waals surface area contributed by atoms with Gasteiger partial charge in [0, 0.05) is 17.5 Å². The van der Waals surface area contributed by atoms with E-state index in [0.29, 0.717) is 12.3 Å². The van der Waals surface area contributed by atoms with Gasteiger partial charge in [-0.25, -0.2) is 4.79 Å². The van der Waals surface area contributed by atoms with Crippen LogP contribution in [-0.2, 0) is 0 Å². The Hall–Kier alpha value is -1.07.